The van der Waals surface area contributed by atoms with E-state index in [1.165, 1.54) is 19.3 Å². The van der Waals surface area contributed by atoms with Gasteiger partial charge in [0.1, 0.15) is 0 Å². The van der Waals surface area contributed by atoms with Crippen LogP contribution in [0.3, 0.4) is 0 Å². The quantitative estimate of drug-likeness (QED) is 0.734. The Labute approximate surface area is 92.0 Å². The third kappa shape index (κ3) is 3.49. The Morgan fingerprint density at radius 1 is 1.13 bits per heavy atom. The number of hydrogen-bond donors (Lipinski definition) is 2. The second-order valence-electron chi connectivity index (χ2n) is 5.00. The SMILES string of the molecule is O=C(CC1CCNCC1)NCC1CCC1. The molecule has 0 spiro atoms. The zero-order valence-electron chi connectivity index (χ0n) is 9.43. The van der Waals surface area contributed by atoms with Crippen LogP contribution in [0.25, 0.3) is 0 Å². The van der Waals surface area contributed by atoms with Gasteiger partial charge in [0.15, 0.2) is 0 Å². The average Bonchev–Trinajstić information content (AvgIpc) is 2.17. The van der Waals surface area contributed by atoms with Gasteiger partial charge in [0.05, 0.1) is 0 Å². The van der Waals surface area contributed by atoms with Gasteiger partial charge in [-0.3, -0.25) is 4.79 Å². The number of amides is 1. The second-order valence-corrected chi connectivity index (χ2v) is 5.00. The van der Waals surface area contributed by atoms with E-state index in [1.54, 1.807) is 0 Å². The highest BCUT2D eigenvalue weighted by Gasteiger charge is 2.20. The van der Waals surface area contributed by atoms with Gasteiger partial charge in [-0.25, -0.2) is 0 Å². The molecule has 1 aliphatic carbocycles. The van der Waals surface area contributed by atoms with Crippen LogP contribution in [0.2, 0.25) is 0 Å². The highest BCUT2D eigenvalue weighted by Crippen LogP contribution is 2.25. The van der Waals surface area contributed by atoms with Crippen LogP contribution >= 0.6 is 0 Å². The summed E-state index contributed by atoms with van der Waals surface area (Å²) in [5.41, 5.74) is 0. The lowest BCUT2D eigenvalue weighted by Crippen LogP contribution is -2.35. The Bertz CT molecular complexity index is 208. The van der Waals surface area contributed by atoms with Gasteiger partial charge in [-0.05, 0) is 50.6 Å². The summed E-state index contributed by atoms with van der Waals surface area (Å²) in [6, 6.07) is 0. The maximum absolute atomic E-state index is 11.6. The van der Waals surface area contributed by atoms with Crippen LogP contribution in [0.1, 0.15) is 38.5 Å². The number of rotatable bonds is 4. The predicted octanol–water partition coefficient (Wildman–Crippen LogP) is 1.29. The normalized spacial score (nSPS) is 23.5. The van der Waals surface area contributed by atoms with Gasteiger partial charge in [-0.2, -0.15) is 0 Å². The van der Waals surface area contributed by atoms with E-state index in [9.17, 15) is 4.79 Å². The molecule has 1 amide bonds. The highest BCUT2D eigenvalue weighted by atomic mass is 16.1. The predicted molar refractivity (Wildman–Crippen MR) is 60.6 cm³/mol. The monoisotopic (exact) mass is 210 g/mol. The lowest BCUT2D eigenvalue weighted by molar-refractivity contribution is -0.122. The minimum atomic E-state index is 0.272. The van der Waals surface area contributed by atoms with Gasteiger partial charge in [0.2, 0.25) is 5.91 Å². The number of hydrogen-bond acceptors (Lipinski definition) is 2. The first kappa shape index (κ1) is 10.9. The Kier molecular flexibility index (Phi) is 4.01. The fourth-order valence-corrected chi connectivity index (χ4v) is 2.38. The Balaban J connectivity index is 1.58. The molecule has 0 radical (unpaired) electrons. The first-order valence-corrected chi connectivity index (χ1v) is 6.32. The molecule has 2 N–H and O–H groups in total. The van der Waals surface area contributed by atoms with Crippen molar-refractivity contribution < 1.29 is 4.79 Å². The third-order valence-electron chi connectivity index (χ3n) is 3.75. The molecule has 1 aliphatic heterocycles. The second kappa shape index (κ2) is 5.50. The van der Waals surface area contributed by atoms with Crippen LogP contribution < -0.4 is 10.6 Å². The van der Waals surface area contributed by atoms with Crippen molar-refractivity contribution in [3.8, 4) is 0 Å². The zero-order valence-corrected chi connectivity index (χ0v) is 9.43. The van der Waals surface area contributed by atoms with Gasteiger partial charge in [0.25, 0.3) is 0 Å². The molecule has 0 unspecified atom stereocenters. The molecule has 0 aromatic carbocycles. The number of carbonyl (C=O) groups is 1. The van der Waals surface area contributed by atoms with Gasteiger partial charge in [-0.1, -0.05) is 6.42 Å². The molecule has 2 aliphatic rings. The van der Waals surface area contributed by atoms with E-state index >= 15 is 0 Å². The molecule has 0 aromatic heterocycles. The molecule has 0 aromatic rings. The summed E-state index contributed by atoms with van der Waals surface area (Å²) < 4.78 is 0. The van der Waals surface area contributed by atoms with E-state index in [2.05, 4.69) is 10.6 Å². The van der Waals surface area contributed by atoms with Crippen molar-refractivity contribution in [2.45, 2.75) is 38.5 Å². The molecule has 0 bridgehead atoms. The Morgan fingerprint density at radius 3 is 2.47 bits per heavy atom. The molecule has 1 saturated carbocycles. The van der Waals surface area contributed by atoms with E-state index in [4.69, 9.17) is 0 Å². The zero-order chi connectivity index (χ0) is 10.5. The lowest BCUT2D eigenvalue weighted by atomic mass is 9.85. The molecule has 0 atom stereocenters. The average molecular weight is 210 g/mol. The van der Waals surface area contributed by atoms with Crippen molar-refractivity contribution in [3.63, 3.8) is 0 Å². The van der Waals surface area contributed by atoms with Crippen LogP contribution in [0.5, 0.6) is 0 Å². The molecule has 1 saturated heterocycles. The largest absolute Gasteiger partial charge is 0.356 e. The first-order valence-electron chi connectivity index (χ1n) is 6.32. The molecule has 15 heavy (non-hydrogen) atoms. The number of piperidine rings is 1. The minimum Gasteiger partial charge on any atom is -0.356 e. The summed E-state index contributed by atoms with van der Waals surface area (Å²) >= 11 is 0. The molecule has 2 rings (SSSR count). The van der Waals surface area contributed by atoms with Gasteiger partial charge in [-0.15, -0.1) is 0 Å². The fourth-order valence-electron chi connectivity index (χ4n) is 2.38. The van der Waals surface area contributed by atoms with Crippen molar-refractivity contribution in [1.29, 1.82) is 0 Å². The molecular weight excluding hydrogens is 188 g/mol. The van der Waals surface area contributed by atoms with Crippen LogP contribution in [-0.4, -0.2) is 25.5 Å². The van der Waals surface area contributed by atoms with E-state index < -0.39 is 0 Å². The summed E-state index contributed by atoms with van der Waals surface area (Å²) in [5, 5.41) is 6.40. The minimum absolute atomic E-state index is 0.272. The lowest BCUT2D eigenvalue weighted by Gasteiger charge is -2.26. The molecule has 3 heteroatoms. The summed E-state index contributed by atoms with van der Waals surface area (Å²) in [6.07, 6.45) is 7.05. The fraction of sp³-hybridized carbons (Fsp3) is 0.917. The summed E-state index contributed by atoms with van der Waals surface area (Å²) in [5.74, 6) is 1.67. The molecule has 3 nitrogen and oxygen atoms in total. The van der Waals surface area contributed by atoms with E-state index in [0.29, 0.717) is 5.92 Å². The van der Waals surface area contributed by atoms with Crippen molar-refractivity contribution in [1.82, 2.24) is 10.6 Å². The standard InChI is InChI=1S/C12H22N2O/c15-12(14-9-11-2-1-3-11)8-10-4-6-13-7-5-10/h10-11,13H,1-9H2,(H,14,15). The molecular formula is C12H22N2O. The smallest absolute Gasteiger partial charge is 0.220 e. The molecule has 1 heterocycles. The van der Waals surface area contributed by atoms with E-state index in [1.807, 2.05) is 0 Å². The topological polar surface area (TPSA) is 41.1 Å². The van der Waals surface area contributed by atoms with Crippen molar-refractivity contribution in [2.24, 2.45) is 11.8 Å². The first-order chi connectivity index (χ1) is 7.34. The van der Waals surface area contributed by atoms with Crippen molar-refractivity contribution in [2.75, 3.05) is 19.6 Å². The van der Waals surface area contributed by atoms with Gasteiger partial charge < -0.3 is 10.6 Å². The Hall–Kier alpha value is -0.570. The van der Waals surface area contributed by atoms with Crippen LogP contribution in [0.15, 0.2) is 0 Å². The van der Waals surface area contributed by atoms with E-state index in [-0.39, 0.29) is 5.91 Å². The van der Waals surface area contributed by atoms with Crippen LogP contribution in [0, 0.1) is 11.8 Å². The van der Waals surface area contributed by atoms with Crippen LogP contribution in [-0.2, 0) is 4.79 Å². The van der Waals surface area contributed by atoms with Gasteiger partial charge >= 0.3 is 0 Å². The number of carbonyl (C=O) groups excluding carboxylic acids is 1. The van der Waals surface area contributed by atoms with Gasteiger partial charge in [0, 0.05) is 13.0 Å². The van der Waals surface area contributed by atoms with Crippen LogP contribution in [0.4, 0.5) is 0 Å². The summed E-state index contributed by atoms with van der Waals surface area (Å²) in [6.45, 7) is 3.09. The third-order valence-corrected chi connectivity index (χ3v) is 3.75. The van der Waals surface area contributed by atoms with Crippen molar-refractivity contribution >= 4 is 5.91 Å². The summed E-state index contributed by atoms with van der Waals surface area (Å²) in [7, 11) is 0. The Morgan fingerprint density at radius 2 is 1.87 bits per heavy atom. The molecule has 2 fully saturated rings. The highest BCUT2D eigenvalue weighted by molar-refractivity contribution is 5.76. The van der Waals surface area contributed by atoms with E-state index in [0.717, 1.165) is 44.8 Å². The summed E-state index contributed by atoms with van der Waals surface area (Å²) in [4.78, 5) is 11.6. The maximum atomic E-state index is 11.6. The maximum Gasteiger partial charge on any atom is 0.220 e. The van der Waals surface area contributed by atoms with Crippen molar-refractivity contribution in [3.05, 3.63) is 0 Å². The molecule has 86 valence electrons. The number of nitrogens with one attached hydrogen (secondary N) is 2.